The van der Waals surface area contributed by atoms with Crippen molar-refractivity contribution in [2.45, 2.75) is 13.0 Å². The second-order valence-corrected chi connectivity index (χ2v) is 7.37. The van der Waals surface area contributed by atoms with Crippen molar-refractivity contribution in [2.75, 3.05) is 49.5 Å². The lowest BCUT2D eigenvalue weighted by Crippen LogP contribution is -2.49. The van der Waals surface area contributed by atoms with E-state index in [1.807, 2.05) is 18.2 Å². The molecule has 1 fully saturated rings. The smallest absolute Gasteiger partial charge is 0.221 e. The van der Waals surface area contributed by atoms with Crippen LogP contribution in [0.25, 0.3) is 0 Å². The van der Waals surface area contributed by atoms with Crippen LogP contribution in [0.5, 0.6) is 5.75 Å². The van der Waals surface area contributed by atoms with E-state index in [1.165, 1.54) is 6.92 Å². The molecule has 1 amide bonds. The molecule has 150 valence electrons. The highest BCUT2D eigenvalue weighted by Gasteiger charge is 2.20. The van der Waals surface area contributed by atoms with Gasteiger partial charge < -0.3 is 20.1 Å². The summed E-state index contributed by atoms with van der Waals surface area (Å²) in [6, 6.07) is 15.0. The van der Waals surface area contributed by atoms with Crippen molar-refractivity contribution in [2.24, 2.45) is 0 Å². The number of nitrogens with zero attached hydrogens (tertiary/aromatic N) is 2. The van der Waals surface area contributed by atoms with E-state index in [2.05, 4.69) is 21.2 Å². The summed E-state index contributed by atoms with van der Waals surface area (Å²) in [6.07, 6.45) is -0.562. The third kappa shape index (κ3) is 6.12. The van der Waals surface area contributed by atoms with E-state index in [4.69, 9.17) is 16.3 Å². The first kappa shape index (κ1) is 20.5. The van der Waals surface area contributed by atoms with Crippen molar-refractivity contribution >= 4 is 28.9 Å². The monoisotopic (exact) mass is 403 g/mol. The first-order chi connectivity index (χ1) is 13.5. The fraction of sp³-hybridized carbons (Fsp3) is 0.381. The number of halogens is 1. The Balaban J connectivity index is 1.39. The average Bonchev–Trinajstić information content (AvgIpc) is 2.68. The summed E-state index contributed by atoms with van der Waals surface area (Å²) in [5.41, 5.74) is 1.86. The molecule has 2 aromatic rings. The van der Waals surface area contributed by atoms with Gasteiger partial charge in [-0.2, -0.15) is 0 Å². The molecule has 28 heavy (non-hydrogen) atoms. The number of ether oxygens (including phenoxy) is 1. The lowest BCUT2D eigenvalue weighted by atomic mass is 10.2. The van der Waals surface area contributed by atoms with Crippen LogP contribution in [0, 0.1) is 0 Å². The summed E-state index contributed by atoms with van der Waals surface area (Å²) >= 11 is 6.08. The third-order valence-electron chi connectivity index (χ3n) is 4.63. The number of piperazine rings is 1. The Morgan fingerprint density at radius 2 is 1.89 bits per heavy atom. The van der Waals surface area contributed by atoms with Gasteiger partial charge in [-0.25, -0.2) is 0 Å². The molecule has 1 aliphatic heterocycles. The van der Waals surface area contributed by atoms with Gasteiger partial charge in [-0.05, 0) is 42.5 Å². The summed E-state index contributed by atoms with van der Waals surface area (Å²) in [6.45, 7) is 5.85. The molecule has 1 saturated heterocycles. The minimum Gasteiger partial charge on any atom is -0.491 e. The lowest BCUT2D eigenvalue weighted by molar-refractivity contribution is -0.114. The van der Waals surface area contributed by atoms with Crippen molar-refractivity contribution in [3.63, 3.8) is 0 Å². The molecule has 0 bridgehead atoms. The van der Waals surface area contributed by atoms with Crippen molar-refractivity contribution in [1.29, 1.82) is 0 Å². The molecule has 0 aliphatic carbocycles. The molecule has 2 aromatic carbocycles. The van der Waals surface area contributed by atoms with E-state index in [9.17, 15) is 9.90 Å². The van der Waals surface area contributed by atoms with E-state index < -0.39 is 6.10 Å². The molecular formula is C21H26ClN3O3. The van der Waals surface area contributed by atoms with Gasteiger partial charge in [-0.15, -0.1) is 0 Å². The van der Waals surface area contributed by atoms with E-state index in [0.29, 0.717) is 12.3 Å². The predicted molar refractivity (Wildman–Crippen MR) is 112 cm³/mol. The Kier molecular flexibility index (Phi) is 7.14. The number of aliphatic hydroxyl groups is 1. The molecule has 1 aliphatic rings. The Labute approximate surface area is 170 Å². The summed E-state index contributed by atoms with van der Waals surface area (Å²) < 4.78 is 5.66. The fourth-order valence-corrected chi connectivity index (χ4v) is 3.43. The second kappa shape index (κ2) is 9.78. The maximum atomic E-state index is 11.0. The molecule has 0 unspecified atom stereocenters. The van der Waals surface area contributed by atoms with Gasteiger partial charge >= 0.3 is 0 Å². The van der Waals surface area contributed by atoms with Gasteiger partial charge in [0.25, 0.3) is 0 Å². The molecule has 1 heterocycles. The van der Waals surface area contributed by atoms with Crippen LogP contribution < -0.4 is 15.0 Å². The quantitative estimate of drug-likeness (QED) is 0.744. The molecule has 3 rings (SSSR count). The van der Waals surface area contributed by atoms with Gasteiger partial charge in [0, 0.05) is 56.0 Å². The molecule has 0 saturated carbocycles. The zero-order valence-electron chi connectivity index (χ0n) is 16.0. The maximum Gasteiger partial charge on any atom is 0.221 e. The summed E-state index contributed by atoms with van der Waals surface area (Å²) in [7, 11) is 0. The number of nitrogens with one attached hydrogen (secondary N) is 1. The van der Waals surface area contributed by atoms with Crippen molar-refractivity contribution in [3.05, 3.63) is 53.6 Å². The second-order valence-electron chi connectivity index (χ2n) is 6.94. The van der Waals surface area contributed by atoms with Gasteiger partial charge in [-0.3, -0.25) is 9.69 Å². The van der Waals surface area contributed by atoms with Crippen LogP contribution in [-0.2, 0) is 4.79 Å². The van der Waals surface area contributed by atoms with Gasteiger partial charge in [-0.1, -0.05) is 17.7 Å². The molecular weight excluding hydrogens is 378 g/mol. The minimum absolute atomic E-state index is 0.112. The highest BCUT2D eigenvalue weighted by molar-refractivity contribution is 6.30. The van der Waals surface area contributed by atoms with Crippen molar-refractivity contribution < 1.29 is 14.6 Å². The van der Waals surface area contributed by atoms with Crippen LogP contribution in [0.2, 0.25) is 5.02 Å². The fourth-order valence-electron chi connectivity index (χ4n) is 3.24. The normalized spacial score (nSPS) is 15.9. The van der Waals surface area contributed by atoms with Crippen LogP contribution >= 0.6 is 11.6 Å². The summed E-state index contributed by atoms with van der Waals surface area (Å²) in [5, 5.41) is 13.8. The molecule has 0 aromatic heterocycles. The van der Waals surface area contributed by atoms with Crippen molar-refractivity contribution in [1.82, 2.24) is 4.90 Å². The molecule has 0 radical (unpaired) electrons. The van der Waals surface area contributed by atoms with Crippen LogP contribution in [0.4, 0.5) is 11.4 Å². The predicted octanol–water partition coefficient (Wildman–Crippen LogP) is 2.86. The summed E-state index contributed by atoms with van der Waals surface area (Å²) in [4.78, 5) is 15.6. The Hall–Kier alpha value is -2.28. The number of carbonyl (C=O) groups excluding carboxylic acids is 1. The van der Waals surface area contributed by atoms with E-state index in [-0.39, 0.29) is 12.5 Å². The lowest BCUT2D eigenvalue weighted by Gasteiger charge is -2.36. The summed E-state index contributed by atoms with van der Waals surface area (Å²) in [5.74, 6) is 0.554. The molecule has 7 heteroatoms. The standard InChI is InChI=1S/C21H26ClN3O3/c1-16(26)23-18-5-7-21(8-6-18)28-15-20(27)14-24-9-11-25(12-10-24)19-4-2-3-17(22)13-19/h2-8,13,20,27H,9-12,14-15H2,1H3,(H,23,26)/t20-/m1/s1. The van der Waals surface area contributed by atoms with Crippen LogP contribution in [0.1, 0.15) is 6.92 Å². The number of carbonyl (C=O) groups is 1. The largest absolute Gasteiger partial charge is 0.491 e. The highest BCUT2D eigenvalue weighted by Crippen LogP contribution is 2.21. The topological polar surface area (TPSA) is 65.0 Å². The minimum atomic E-state index is -0.562. The number of rotatable bonds is 7. The number of amides is 1. The third-order valence-corrected chi connectivity index (χ3v) is 4.87. The van der Waals surface area contributed by atoms with Crippen LogP contribution in [-0.4, -0.2) is 61.3 Å². The van der Waals surface area contributed by atoms with Crippen LogP contribution in [0.3, 0.4) is 0 Å². The van der Waals surface area contributed by atoms with Gasteiger partial charge in [0.15, 0.2) is 0 Å². The Morgan fingerprint density at radius 3 is 2.54 bits per heavy atom. The van der Waals surface area contributed by atoms with Gasteiger partial charge in [0.1, 0.15) is 18.5 Å². The average molecular weight is 404 g/mol. The zero-order chi connectivity index (χ0) is 19.9. The zero-order valence-corrected chi connectivity index (χ0v) is 16.7. The Bertz CT molecular complexity index is 777. The first-order valence-electron chi connectivity index (χ1n) is 9.41. The number of hydrogen-bond donors (Lipinski definition) is 2. The van der Waals surface area contributed by atoms with Crippen molar-refractivity contribution in [3.8, 4) is 5.75 Å². The highest BCUT2D eigenvalue weighted by atomic mass is 35.5. The number of aliphatic hydroxyl groups excluding tert-OH is 1. The maximum absolute atomic E-state index is 11.0. The number of β-amino-alcohol motifs (C(OH)–C–C–N with tert-alkyl or cyclic N) is 1. The van der Waals surface area contributed by atoms with Gasteiger partial charge in [0.2, 0.25) is 5.91 Å². The van der Waals surface area contributed by atoms with E-state index >= 15 is 0 Å². The first-order valence-corrected chi connectivity index (χ1v) is 9.79. The molecule has 2 N–H and O–H groups in total. The van der Waals surface area contributed by atoms with Gasteiger partial charge in [0.05, 0.1) is 0 Å². The molecule has 6 nitrogen and oxygen atoms in total. The number of benzene rings is 2. The number of hydrogen-bond acceptors (Lipinski definition) is 5. The Morgan fingerprint density at radius 1 is 1.18 bits per heavy atom. The molecule has 0 spiro atoms. The van der Waals surface area contributed by atoms with E-state index in [0.717, 1.165) is 42.6 Å². The number of anilines is 2. The van der Waals surface area contributed by atoms with Crippen LogP contribution in [0.15, 0.2) is 48.5 Å². The molecule has 1 atom stereocenters. The van der Waals surface area contributed by atoms with E-state index in [1.54, 1.807) is 24.3 Å². The SMILES string of the molecule is CC(=O)Nc1ccc(OC[C@H](O)CN2CCN(c3cccc(Cl)c3)CC2)cc1.